The van der Waals surface area contributed by atoms with Crippen LogP contribution in [0.5, 0.6) is 0 Å². The van der Waals surface area contributed by atoms with Gasteiger partial charge in [0.05, 0.1) is 11.3 Å². The highest BCUT2D eigenvalue weighted by atomic mass is 19.1. The Morgan fingerprint density at radius 3 is 2.72 bits per heavy atom. The van der Waals surface area contributed by atoms with Crippen molar-refractivity contribution in [2.45, 2.75) is 13.8 Å². The molecular formula is C11H12FN5O. The van der Waals surface area contributed by atoms with Crippen LogP contribution >= 0.6 is 0 Å². The van der Waals surface area contributed by atoms with Crippen LogP contribution in [0.2, 0.25) is 0 Å². The molecule has 0 atom stereocenters. The highest BCUT2D eigenvalue weighted by Crippen LogP contribution is 2.18. The predicted octanol–water partition coefficient (Wildman–Crippen LogP) is 1.12. The fraction of sp³-hybridized carbons (Fsp3) is 0.182. The van der Waals surface area contributed by atoms with Crippen molar-refractivity contribution in [2.75, 3.05) is 0 Å². The van der Waals surface area contributed by atoms with E-state index in [0.29, 0.717) is 17.3 Å². The summed E-state index contributed by atoms with van der Waals surface area (Å²) in [5.74, 6) is 0.248. The average Bonchev–Trinajstić information content (AvgIpc) is 2.67. The van der Waals surface area contributed by atoms with E-state index in [2.05, 4.69) is 15.2 Å². The largest absolute Gasteiger partial charge is 0.409 e. The van der Waals surface area contributed by atoms with Crippen LogP contribution in [0.3, 0.4) is 0 Å². The minimum Gasteiger partial charge on any atom is -0.409 e. The van der Waals surface area contributed by atoms with Crippen molar-refractivity contribution in [2.24, 2.45) is 10.9 Å². The van der Waals surface area contributed by atoms with Gasteiger partial charge in [-0.3, -0.25) is 0 Å². The lowest BCUT2D eigenvalue weighted by Crippen LogP contribution is -2.19. The van der Waals surface area contributed by atoms with Crippen molar-refractivity contribution >= 4 is 5.84 Å². The van der Waals surface area contributed by atoms with E-state index in [1.54, 1.807) is 19.9 Å². The Hall–Kier alpha value is -2.44. The lowest BCUT2D eigenvalue weighted by atomic mass is 10.1. The summed E-state index contributed by atoms with van der Waals surface area (Å²) in [7, 11) is 0. The number of amidine groups is 1. The number of aryl methyl sites for hydroxylation is 2. The number of aromatic nitrogens is 3. The van der Waals surface area contributed by atoms with Crippen molar-refractivity contribution in [3.63, 3.8) is 0 Å². The summed E-state index contributed by atoms with van der Waals surface area (Å²) in [4.78, 5) is 4.13. The van der Waals surface area contributed by atoms with Gasteiger partial charge >= 0.3 is 0 Å². The molecule has 0 bridgehead atoms. The van der Waals surface area contributed by atoms with Crippen molar-refractivity contribution in [3.05, 3.63) is 41.2 Å². The van der Waals surface area contributed by atoms with E-state index in [1.165, 1.54) is 16.8 Å². The molecule has 94 valence electrons. The van der Waals surface area contributed by atoms with Gasteiger partial charge in [-0.15, -0.1) is 0 Å². The minimum atomic E-state index is -0.588. The summed E-state index contributed by atoms with van der Waals surface area (Å²) in [6.07, 6.45) is 0. The van der Waals surface area contributed by atoms with E-state index in [1.807, 2.05) is 0 Å². The summed E-state index contributed by atoms with van der Waals surface area (Å²) in [5, 5.41) is 15.7. The van der Waals surface area contributed by atoms with Crippen LogP contribution in [0, 0.1) is 19.7 Å². The topological polar surface area (TPSA) is 89.3 Å². The van der Waals surface area contributed by atoms with Gasteiger partial charge in [0.1, 0.15) is 17.5 Å². The number of benzene rings is 1. The Morgan fingerprint density at radius 1 is 1.44 bits per heavy atom. The molecule has 0 unspecified atom stereocenters. The molecule has 2 rings (SSSR count). The van der Waals surface area contributed by atoms with E-state index >= 15 is 0 Å². The Bertz CT molecular complexity index is 620. The number of nitrogens with two attached hydrogens (primary N) is 1. The Balaban J connectivity index is 2.72. The molecule has 0 saturated heterocycles. The minimum absolute atomic E-state index is 0.00648. The molecule has 0 fully saturated rings. The molecule has 0 aliphatic rings. The fourth-order valence-corrected chi connectivity index (χ4v) is 1.74. The maximum absolute atomic E-state index is 13.8. The monoisotopic (exact) mass is 249 g/mol. The number of rotatable bonds is 2. The summed E-state index contributed by atoms with van der Waals surface area (Å²) in [6.45, 7) is 3.47. The lowest BCUT2D eigenvalue weighted by molar-refractivity contribution is 0.318. The standard InChI is InChI=1S/C11H12FN5O/c1-6-14-7(2)17(15-6)9-5-3-4-8(12)10(9)11(13)16-18/h3-5,18H,1-2H3,(H2,13,16). The Labute approximate surface area is 103 Å². The number of oxime groups is 1. The molecule has 7 heteroatoms. The fourth-order valence-electron chi connectivity index (χ4n) is 1.74. The van der Waals surface area contributed by atoms with E-state index in [9.17, 15) is 4.39 Å². The number of hydrogen-bond acceptors (Lipinski definition) is 4. The van der Waals surface area contributed by atoms with Crippen molar-refractivity contribution in [1.29, 1.82) is 0 Å². The van der Waals surface area contributed by atoms with Crippen LogP contribution in [0.1, 0.15) is 17.2 Å². The van der Waals surface area contributed by atoms with E-state index in [-0.39, 0.29) is 11.4 Å². The summed E-state index contributed by atoms with van der Waals surface area (Å²) < 4.78 is 15.2. The second-order valence-electron chi connectivity index (χ2n) is 3.74. The average molecular weight is 249 g/mol. The molecule has 0 spiro atoms. The number of nitrogens with zero attached hydrogens (tertiary/aromatic N) is 4. The van der Waals surface area contributed by atoms with Crippen LogP contribution in [0.25, 0.3) is 5.69 Å². The van der Waals surface area contributed by atoms with Gasteiger partial charge in [-0.25, -0.2) is 14.1 Å². The first-order valence-corrected chi connectivity index (χ1v) is 5.21. The van der Waals surface area contributed by atoms with E-state index in [4.69, 9.17) is 10.9 Å². The van der Waals surface area contributed by atoms with Crippen LogP contribution in [-0.4, -0.2) is 25.8 Å². The zero-order chi connectivity index (χ0) is 13.3. The molecule has 0 aliphatic carbocycles. The smallest absolute Gasteiger partial charge is 0.175 e. The first kappa shape index (κ1) is 12.0. The van der Waals surface area contributed by atoms with Gasteiger partial charge in [0, 0.05) is 0 Å². The maximum Gasteiger partial charge on any atom is 0.175 e. The molecular weight excluding hydrogens is 237 g/mol. The van der Waals surface area contributed by atoms with E-state index in [0.717, 1.165) is 0 Å². The molecule has 3 N–H and O–H groups in total. The molecule has 1 aromatic carbocycles. The third-order valence-corrected chi connectivity index (χ3v) is 2.46. The summed E-state index contributed by atoms with van der Waals surface area (Å²) in [6, 6.07) is 4.38. The lowest BCUT2D eigenvalue weighted by Gasteiger charge is -2.09. The second kappa shape index (κ2) is 4.44. The molecule has 18 heavy (non-hydrogen) atoms. The molecule has 0 aliphatic heterocycles. The highest BCUT2D eigenvalue weighted by Gasteiger charge is 2.16. The first-order valence-electron chi connectivity index (χ1n) is 5.21. The van der Waals surface area contributed by atoms with Crippen LogP contribution in [0.4, 0.5) is 4.39 Å². The highest BCUT2D eigenvalue weighted by molar-refractivity contribution is 6.00. The van der Waals surface area contributed by atoms with Crippen LogP contribution in [-0.2, 0) is 0 Å². The van der Waals surface area contributed by atoms with Crippen molar-refractivity contribution in [3.8, 4) is 5.69 Å². The molecule has 1 aromatic heterocycles. The second-order valence-corrected chi connectivity index (χ2v) is 3.74. The third kappa shape index (κ3) is 1.90. The number of halogens is 1. The quantitative estimate of drug-likeness (QED) is 0.361. The van der Waals surface area contributed by atoms with Crippen molar-refractivity contribution in [1.82, 2.24) is 14.8 Å². The summed E-state index contributed by atoms with van der Waals surface area (Å²) >= 11 is 0. The third-order valence-electron chi connectivity index (χ3n) is 2.46. The molecule has 0 amide bonds. The zero-order valence-corrected chi connectivity index (χ0v) is 9.92. The summed E-state index contributed by atoms with van der Waals surface area (Å²) in [5.41, 5.74) is 5.86. The van der Waals surface area contributed by atoms with Gasteiger partial charge in [0.15, 0.2) is 5.84 Å². The molecule has 2 aromatic rings. The Kier molecular flexibility index (Phi) is 2.97. The van der Waals surface area contributed by atoms with Gasteiger partial charge < -0.3 is 10.9 Å². The molecule has 0 radical (unpaired) electrons. The Morgan fingerprint density at radius 2 is 2.17 bits per heavy atom. The van der Waals surface area contributed by atoms with Crippen molar-refractivity contribution < 1.29 is 9.60 Å². The van der Waals surface area contributed by atoms with Gasteiger partial charge in [0.2, 0.25) is 0 Å². The van der Waals surface area contributed by atoms with Crippen LogP contribution < -0.4 is 5.73 Å². The molecule has 1 heterocycles. The van der Waals surface area contributed by atoms with Gasteiger partial charge in [0.25, 0.3) is 0 Å². The maximum atomic E-state index is 13.8. The van der Waals surface area contributed by atoms with Gasteiger partial charge in [-0.1, -0.05) is 11.2 Å². The molecule has 6 nitrogen and oxygen atoms in total. The SMILES string of the molecule is Cc1nc(C)n(-c2cccc(F)c2C(N)=NO)n1. The van der Waals surface area contributed by atoms with E-state index < -0.39 is 5.82 Å². The van der Waals surface area contributed by atoms with Crippen LogP contribution in [0.15, 0.2) is 23.4 Å². The molecule has 0 saturated carbocycles. The van der Waals surface area contributed by atoms with Gasteiger partial charge in [-0.05, 0) is 26.0 Å². The normalized spacial score (nSPS) is 11.8. The first-order chi connectivity index (χ1) is 8.54. The zero-order valence-electron chi connectivity index (χ0n) is 9.92. The predicted molar refractivity (Wildman–Crippen MR) is 63.3 cm³/mol. The number of hydrogen-bond donors (Lipinski definition) is 2. The van der Waals surface area contributed by atoms with Gasteiger partial charge in [-0.2, -0.15) is 5.10 Å².